The van der Waals surface area contributed by atoms with E-state index < -0.39 is 5.97 Å². The van der Waals surface area contributed by atoms with Crippen molar-refractivity contribution < 1.29 is 9.53 Å². The van der Waals surface area contributed by atoms with Crippen molar-refractivity contribution in [2.45, 2.75) is 19.9 Å². The summed E-state index contributed by atoms with van der Waals surface area (Å²) >= 11 is 6.85. The third kappa shape index (κ3) is 4.93. The lowest BCUT2D eigenvalue weighted by Crippen LogP contribution is -2.20. The second-order valence-electron chi connectivity index (χ2n) is 5.75. The molecule has 0 aliphatic rings. The Morgan fingerprint density at radius 3 is 2.70 bits per heavy atom. The van der Waals surface area contributed by atoms with E-state index in [4.69, 9.17) is 17.0 Å². The Morgan fingerprint density at radius 2 is 2.04 bits per heavy atom. The predicted octanol–water partition coefficient (Wildman–Crippen LogP) is 4.15. The molecule has 2 aromatic heterocycles. The first-order valence-electron chi connectivity index (χ1n) is 8.45. The molecule has 2 N–H and O–H groups in total. The number of carbonyl (C=O) groups excluding carboxylic acids is 1. The molecule has 0 spiro atoms. The summed E-state index contributed by atoms with van der Waals surface area (Å²) < 4.78 is 6.71. The lowest BCUT2D eigenvalue weighted by Gasteiger charge is -2.08. The highest BCUT2D eigenvalue weighted by atomic mass is 32.1. The van der Waals surface area contributed by atoms with Crippen LogP contribution in [-0.2, 0) is 17.7 Å². The van der Waals surface area contributed by atoms with Crippen LogP contribution in [0.15, 0.2) is 48.7 Å². The molecule has 0 fully saturated rings. The highest BCUT2D eigenvalue weighted by Gasteiger charge is 2.18. The van der Waals surface area contributed by atoms with Crippen LogP contribution in [0.4, 0.5) is 10.8 Å². The number of nitrogens with one attached hydrogen (secondary N) is 2. The summed E-state index contributed by atoms with van der Waals surface area (Å²) in [6.45, 7) is 2.79. The molecule has 0 radical (unpaired) electrons. The molecule has 0 amide bonds. The van der Waals surface area contributed by atoms with Gasteiger partial charge in [-0.2, -0.15) is 5.10 Å². The van der Waals surface area contributed by atoms with Gasteiger partial charge in [0.15, 0.2) is 10.9 Å². The molecule has 0 saturated carbocycles. The quantitative estimate of drug-likeness (QED) is 0.479. The molecule has 27 heavy (non-hydrogen) atoms. The number of methoxy groups -OCH3 is 1. The fraction of sp³-hybridized carbons (Fsp3) is 0.211. The fourth-order valence-electron chi connectivity index (χ4n) is 2.54. The number of thiophene rings is 1. The SMILES string of the molecule is CCn1ccc(NC(=S)Nc2sc(Cc3ccccc3)cc2C(=O)OC)n1. The first-order chi connectivity index (χ1) is 13.1. The van der Waals surface area contributed by atoms with Gasteiger partial charge in [-0.3, -0.25) is 4.68 Å². The molecule has 0 aliphatic carbocycles. The number of aromatic nitrogens is 2. The fourth-order valence-corrected chi connectivity index (χ4v) is 3.89. The number of benzene rings is 1. The van der Waals surface area contributed by atoms with Gasteiger partial charge in [0.1, 0.15) is 5.00 Å². The summed E-state index contributed by atoms with van der Waals surface area (Å²) in [5.41, 5.74) is 1.64. The number of esters is 1. The molecular formula is C19H20N4O2S2. The lowest BCUT2D eigenvalue weighted by molar-refractivity contribution is 0.0602. The van der Waals surface area contributed by atoms with Gasteiger partial charge < -0.3 is 15.4 Å². The summed E-state index contributed by atoms with van der Waals surface area (Å²) in [4.78, 5) is 13.2. The van der Waals surface area contributed by atoms with E-state index in [2.05, 4.69) is 27.9 Å². The summed E-state index contributed by atoms with van der Waals surface area (Å²) in [5, 5.41) is 11.5. The smallest absolute Gasteiger partial charge is 0.340 e. The van der Waals surface area contributed by atoms with Crippen molar-refractivity contribution in [1.29, 1.82) is 0 Å². The number of ether oxygens (including phenoxy) is 1. The first kappa shape index (κ1) is 19.1. The van der Waals surface area contributed by atoms with Crippen LogP contribution in [0.1, 0.15) is 27.7 Å². The Morgan fingerprint density at radius 1 is 1.26 bits per heavy atom. The Balaban J connectivity index is 1.76. The summed E-state index contributed by atoms with van der Waals surface area (Å²) in [5.74, 6) is 0.251. The first-order valence-corrected chi connectivity index (χ1v) is 9.68. The van der Waals surface area contributed by atoms with E-state index in [1.807, 2.05) is 43.5 Å². The van der Waals surface area contributed by atoms with E-state index >= 15 is 0 Å². The molecule has 1 aromatic carbocycles. The minimum Gasteiger partial charge on any atom is -0.465 e. The Bertz CT molecular complexity index is 934. The number of hydrogen-bond acceptors (Lipinski definition) is 5. The molecule has 0 atom stereocenters. The van der Waals surface area contributed by atoms with E-state index in [-0.39, 0.29) is 0 Å². The molecule has 140 valence electrons. The van der Waals surface area contributed by atoms with Crippen molar-refractivity contribution in [2.24, 2.45) is 0 Å². The maximum atomic E-state index is 12.1. The number of aryl methyl sites for hydroxylation is 1. The Kier molecular flexibility index (Phi) is 6.20. The van der Waals surface area contributed by atoms with Crippen molar-refractivity contribution in [2.75, 3.05) is 17.7 Å². The number of anilines is 2. The number of rotatable bonds is 6. The number of hydrogen-bond donors (Lipinski definition) is 2. The van der Waals surface area contributed by atoms with E-state index in [0.717, 1.165) is 17.8 Å². The topological polar surface area (TPSA) is 68.2 Å². The highest BCUT2D eigenvalue weighted by Crippen LogP contribution is 2.30. The zero-order valence-electron chi connectivity index (χ0n) is 15.1. The molecule has 3 rings (SSSR count). The molecular weight excluding hydrogens is 380 g/mol. The van der Waals surface area contributed by atoms with Gasteiger partial charge in [-0.15, -0.1) is 11.3 Å². The van der Waals surface area contributed by atoms with Crippen LogP contribution in [0.2, 0.25) is 0 Å². The van der Waals surface area contributed by atoms with Gasteiger partial charge in [0, 0.05) is 30.1 Å². The van der Waals surface area contributed by atoms with Gasteiger partial charge in [-0.05, 0) is 30.8 Å². The average molecular weight is 401 g/mol. The van der Waals surface area contributed by atoms with Gasteiger partial charge in [-0.25, -0.2) is 4.79 Å². The van der Waals surface area contributed by atoms with Crippen molar-refractivity contribution in [3.05, 3.63) is 64.7 Å². The summed E-state index contributed by atoms with van der Waals surface area (Å²) in [6.07, 6.45) is 2.60. The minimum atomic E-state index is -0.397. The standard InChI is InChI=1S/C19H20N4O2S2/c1-3-23-10-9-16(22-23)20-19(26)21-17-15(18(24)25-2)12-14(27-17)11-13-7-5-4-6-8-13/h4-10,12H,3,11H2,1-2H3,(H2,20,21,22,26). The highest BCUT2D eigenvalue weighted by molar-refractivity contribution is 7.80. The van der Waals surface area contributed by atoms with Crippen LogP contribution in [0, 0.1) is 0 Å². The van der Waals surface area contributed by atoms with Crippen molar-refractivity contribution in [1.82, 2.24) is 9.78 Å². The van der Waals surface area contributed by atoms with Crippen LogP contribution < -0.4 is 10.6 Å². The molecule has 2 heterocycles. The summed E-state index contributed by atoms with van der Waals surface area (Å²) in [7, 11) is 1.37. The van der Waals surface area contributed by atoms with Gasteiger partial charge in [0.05, 0.1) is 12.7 Å². The molecule has 6 nitrogen and oxygen atoms in total. The normalized spacial score (nSPS) is 10.4. The Hall–Kier alpha value is -2.71. The van der Waals surface area contributed by atoms with Gasteiger partial charge in [0.25, 0.3) is 0 Å². The third-order valence-electron chi connectivity index (χ3n) is 3.84. The molecule has 0 aliphatic heterocycles. The zero-order chi connectivity index (χ0) is 19.2. The van der Waals surface area contributed by atoms with E-state index in [0.29, 0.717) is 21.5 Å². The second-order valence-corrected chi connectivity index (χ2v) is 7.29. The van der Waals surface area contributed by atoms with Gasteiger partial charge in [0.2, 0.25) is 0 Å². The van der Waals surface area contributed by atoms with Crippen LogP contribution >= 0.6 is 23.6 Å². The number of thiocarbonyl (C=S) groups is 1. The third-order valence-corrected chi connectivity index (χ3v) is 5.10. The van der Waals surface area contributed by atoms with E-state index in [9.17, 15) is 4.79 Å². The van der Waals surface area contributed by atoms with Gasteiger partial charge >= 0.3 is 5.97 Å². The average Bonchev–Trinajstić information content (AvgIpc) is 3.28. The number of carbonyl (C=O) groups is 1. The molecule has 0 bridgehead atoms. The molecule has 0 saturated heterocycles. The lowest BCUT2D eigenvalue weighted by atomic mass is 10.1. The van der Waals surface area contributed by atoms with Crippen molar-refractivity contribution in [3.8, 4) is 0 Å². The largest absolute Gasteiger partial charge is 0.465 e. The predicted molar refractivity (Wildman–Crippen MR) is 113 cm³/mol. The minimum absolute atomic E-state index is 0.370. The Labute approximate surface area is 167 Å². The van der Waals surface area contributed by atoms with Crippen molar-refractivity contribution in [3.63, 3.8) is 0 Å². The zero-order valence-corrected chi connectivity index (χ0v) is 16.7. The van der Waals surface area contributed by atoms with Crippen LogP contribution in [0.3, 0.4) is 0 Å². The second kappa shape index (κ2) is 8.79. The molecule has 0 unspecified atom stereocenters. The van der Waals surface area contributed by atoms with Crippen LogP contribution in [-0.4, -0.2) is 28.0 Å². The van der Waals surface area contributed by atoms with E-state index in [1.54, 1.807) is 4.68 Å². The number of nitrogens with zero attached hydrogens (tertiary/aromatic N) is 2. The van der Waals surface area contributed by atoms with E-state index in [1.165, 1.54) is 24.0 Å². The maximum absolute atomic E-state index is 12.1. The molecule has 3 aromatic rings. The van der Waals surface area contributed by atoms with Gasteiger partial charge in [-0.1, -0.05) is 30.3 Å². The van der Waals surface area contributed by atoms with Crippen LogP contribution in [0.25, 0.3) is 0 Å². The van der Waals surface area contributed by atoms with Crippen LogP contribution in [0.5, 0.6) is 0 Å². The maximum Gasteiger partial charge on any atom is 0.340 e. The van der Waals surface area contributed by atoms with Crippen molar-refractivity contribution >= 4 is 45.5 Å². The summed E-state index contributed by atoms with van der Waals surface area (Å²) in [6, 6.07) is 13.8. The molecule has 8 heteroatoms. The monoisotopic (exact) mass is 400 g/mol.